The molecule has 0 saturated heterocycles. The van der Waals surface area contributed by atoms with Gasteiger partial charge in [-0.2, -0.15) is 0 Å². The predicted molar refractivity (Wildman–Crippen MR) is 89.3 cm³/mol. The Bertz CT molecular complexity index is 754. The molecule has 9 heteroatoms. The summed E-state index contributed by atoms with van der Waals surface area (Å²) in [6.07, 6.45) is 0. The number of carbonyl (C=O) groups excluding carboxylic acids is 1. The number of amides is 1. The Labute approximate surface area is 139 Å². The van der Waals surface area contributed by atoms with Crippen LogP contribution in [0.5, 0.6) is 0 Å². The third kappa shape index (κ3) is 3.87. The molecule has 3 aromatic rings. The fourth-order valence-electron chi connectivity index (χ4n) is 1.59. The molecule has 0 fully saturated rings. The van der Waals surface area contributed by atoms with E-state index in [4.69, 9.17) is 0 Å². The summed E-state index contributed by atoms with van der Waals surface area (Å²) >= 11 is 4.30. The second-order valence-corrected chi connectivity index (χ2v) is 7.32. The second-order valence-electron chi connectivity index (χ2n) is 4.20. The standard InChI is InChI=1S/C13H11N5OS3/c1-8-15-18-13(22-8)14-11(19)7-21-12-5-4-9(16-17-12)10-3-2-6-20-10/h2-6H,7H2,1H3,(H,14,18,19). The first kappa shape index (κ1) is 15.1. The van der Waals surface area contributed by atoms with E-state index in [1.54, 1.807) is 11.3 Å². The van der Waals surface area contributed by atoms with Crippen molar-refractivity contribution in [3.63, 3.8) is 0 Å². The van der Waals surface area contributed by atoms with E-state index in [-0.39, 0.29) is 11.7 Å². The quantitative estimate of drug-likeness (QED) is 0.713. The molecular formula is C13H11N5OS3. The molecule has 0 radical (unpaired) electrons. The van der Waals surface area contributed by atoms with E-state index in [0.717, 1.165) is 15.6 Å². The van der Waals surface area contributed by atoms with E-state index in [9.17, 15) is 4.79 Å². The number of nitrogens with zero attached hydrogens (tertiary/aromatic N) is 4. The van der Waals surface area contributed by atoms with Gasteiger partial charge in [0.05, 0.1) is 10.6 Å². The molecule has 0 aliphatic carbocycles. The van der Waals surface area contributed by atoms with Gasteiger partial charge in [0.1, 0.15) is 15.7 Å². The molecule has 3 heterocycles. The summed E-state index contributed by atoms with van der Waals surface area (Å²) in [5.74, 6) is 0.122. The molecule has 0 spiro atoms. The van der Waals surface area contributed by atoms with Gasteiger partial charge in [0.15, 0.2) is 0 Å². The largest absolute Gasteiger partial charge is 0.300 e. The SMILES string of the molecule is Cc1nnc(NC(=O)CSc2ccc(-c3cccs3)nn2)s1. The molecule has 1 amide bonds. The van der Waals surface area contributed by atoms with E-state index in [1.165, 1.54) is 23.1 Å². The number of rotatable bonds is 5. The number of carbonyl (C=O) groups is 1. The Kier molecular flexibility index (Phi) is 4.76. The Morgan fingerprint density at radius 1 is 1.23 bits per heavy atom. The van der Waals surface area contributed by atoms with Crippen molar-refractivity contribution in [1.82, 2.24) is 20.4 Å². The van der Waals surface area contributed by atoms with Crippen LogP contribution >= 0.6 is 34.4 Å². The van der Waals surface area contributed by atoms with E-state index in [2.05, 4.69) is 25.7 Å². The van der Waals surface area contributed by atoms with Crippen LogP contribution < -0.4 is 5.32 Å². The average Bonchev–Trinajstić information content (AvgIpc) is 3.18. The molecule has 0 bridgehead atoms. The maximum Gasteiger partial charge on any atom is 0.236 e. The van der Waals surface area contributed by atoms with Crippen molar-refractivity contribution in [2.75, 3.05) is 11.1 Å². The number of nitrogens with one attached hydrogen (secondary N) is 1. The van der Waals surface area contributed by atoms with Crippen LogP contribution in [0.2, 0.25) is 0 Å². The zero-order valence-corrected chi connectivity index (χ0v) is 14.0. The van der Waals surface area contributed by atoms with Gasteiger partial charge in [-0.25, -0.2) is 0 Å². The van der Waals surface area contributed by atoms with Crippen LogP contribution in [0, 0.1) is 6.92 Å². The Morgan fingerprint density at radius 2 is 2.14 bits per heavy atom. The van der Waals surface area contributed by atoms with Crippen molar-refractivity contribution in [1.29, 1.82) is 0 Å². The van der Waals surface area contributed by atoms with Gasteiger partial charge in [0.2, 0.25) is 11.0 Å². The lowest BCUT2D eigenvalue weighted by molar-refractivity contribution is -0.113. The first-order valence-corrected chi connectivity index (χ1v) is 8.99. The number of hydrogen-bond donors (Lipinski definition) is 1. The smallest absolute Gasteiger partial charge is 0.236 e. The van der Waals surface area contributed by atoms with Gasteiger partial charge in [0, 0.05) is 0 Å². The minimum atomic E-state index is -0.134. The summed E-state index contributed by atoms with van der Waals surface area (Å²) in [7, 11) is 0. The number of anilines is 1. The highest BCUT2D eigenvalue weighted by Gasteiger charge is 2.08. The van der Waals surface area contributed by atoms with Gasteiger partial charge in [0.25, 0.3) is 0 Å². The normalized spacial score (nSPS) is 10.6. The van der Waals surface area contributed by atoms with E-state index in [0.29, 0.717) is 10.2 Å². The summed E-state index contributed by atoms with van der Waals surface area (Å²) in [6.45, 7) is 1.84. The van der Waals surface area contributed by atoms with Crippen LogP contribution in [0.3, 0.4) is 0 Å². The molecule has 0 aromatic carbocycles. The molecule has 22 heavy (non-hydrogen) atoms. The monoisotopic (exact) mass is 349 g/mol. The zero-order chi connectivity index (χ0) is 15.4. The summed E-state index contributed by atoms with van der Waals surface area (Å²) in [5, 5.41) is 22.8. The fourth-order valence-corrected chi connectivity index (χ4v) is 3.51. The molecule has 3 aromatic heterocycles. The highest BCUT2D eigenvalue weighted by molar-refractivity contribution is 7.99. The lowest BCUT2D eigenvalue weighted by Gasteiger charge is -2.01. The van der Waals surface area contributed by atoms with Crippen molar-refractivity contribution in [3.05, 3.63) is 34.7 Å². The molecule has 6 nitrogen and oxygen atoms in total. The van der Waals surface area contributed by atoms with Gasteiger partial charge >= 0.3 is 0 Å². The highest BCUT2D eigenvalue weighted by atomic mass is 32.2. The molecular weight excluding hydrogens is 338 g/mol. The van der Waals surface area contributed by atoms with Crippen LogP contribution in [-0.4, -0.2) is 32.1 Å². The molecule has 0 aliphatic heterocycles. The van der Waals surface area contributed by atoms with Crippen LogP contribution in [0.25, 0.3) is 10.6 Å². The third-order valence-electron chi connectivity index (χ3n) is 2.54. The summed E-state index contributed by atoms with van der Waals surface area (Å²) in [4.78, 5) is 12.9. The fraction of sp³-hybridized carbons (Fsp3) is 0.154. The van der Waals surface area contributed by atoms with Crippen molar-refractivity contribution in [2.24, 2.45) is 0 Å². The first-order chi connectivity index (χ1) is 10.7. The Hall–Kier alpha value is -1.84. The van der Waals surface area contributed by atoms with E-state index >= 15 is 0 Å². The first-order valence-electron chi connectivity index (χ1n) is 6.31. The van der Waals surface area contributed by atoms with E-state index < -0.39 is 0 Å². The second kappa shape index (κ2) is 6.95. The molecule has 1 N–H and O–H groups in total. The highest BCUT2D eigenvalue weighted by Crippen LogP contribution is 2.23. The van der Waals surface area contributed by atoms with Gasteiger partial charge in [-0.15, -0.1) is 31.7 Å². The van der Waals surface area contributed by atoms with E-state index in [1.807, 2.05) is 36.6 Å². The molecule has 0 unspecified atom stereocenters. The molecule has 112 valence electrons. The third-order valence-corrected chi connectivity index (χ3v) is 5.10. The van der Waals surface area contributed by atoms with Crippen molar-refractivity contribution in [3.8, 4) is 10.6 Å². The number of thiophene rings is 1. The Balaban J connectivity index is 1.54. The number of hydrogen-bond acceptors (Lipinski definition) is 8. The van der Waals surface area contributed by atoms with Gasteiger partial charge in [-0.05, 0) is 30.5 Å². The summed E-state index contributed by atoms with van der Waals surface area (Å²) < 4.78 is 0. The van der Waals surface area contributed by atoms with Crippen LogP contribution in [-0.2, 0) is 4.79 Å². The van der Waals surface area contributed by atoms with Crippen LogP contribution in [0.15, 0.2) is 34.7 Å². The van der Waals surface area contributed by atoms with Crippen LogP contribution in [0.1, 0.15) is 5.01 Å². The van der Waals surface area contributed by atoms with Gasteiger partial charge in [-0.1, -0.05) is 29.2 Å². The summed E-state index contributed by atoms with van der Waals surface area (Å²) in [6, 6.07) is 7.76. The maximum atomic E-state index is 11.8. The minimum absolute atomic E-state index is 0.134. The number of aryl methyl sites for hydroxylation is 1. The van der Waals surface area contributed by atoms with Gasteiger partial charge in [-0.3, -0.25) is 10.1 Å². The average molecular weight is 349 g/mol. The van der Waals surface area contributed by atoms with Crippen molar-refractivity contribution < 1.29 is 4.79 Å². The maximum absolute atomic E-state index is 11.8. The lowest BCUT2D eigenvalue weighted by atomic mass is 10.3. The minimum Gasteiger partial charge on any atom is -0.300 e. The Morgan fingerprint density at radius 3 is 2.77 bits per heavy atom. The number of aromatic nitrogens is 4. The molecule has 0 aliphatic rings. The lowest BCUT2D eigenvalue weighted by Crippen LogP contribution is -2.14. The van der Waals surface area contributed by atoms with Crippen molar-refractivity contribution >= 4 is 45.5 Å². The topological polar surface area (TPSA) is 80.7 Å². The molecule has 0 saturated carbocycles. The molecule has 0 atom stereocenters. The predicted octanol–water partition coefficient (Wildman–Crippen LogP) is 3.10. The molecule has 3 rings (SSSR count). The van der Waals surface area contributed by atoms with Crippen LogP contribution in [0.4, 0.5) is 5.13 Å². The van der Waals surface area contributed by atoms with Crippen molar-refractivity contribution in [2.45, 2.75) is 11.9 Å². The summed E-state index contributed by atoms with van der Waals surface area (Å²) in [5.41, 5.74) is 0.841. The number of thioether (sulfide) groups is 1. The van der Waals surface area contributed by atoms with Gasteiger partial charge < -0.3 is 0 Å². The zero-order valence-electron chi connectivity index (χ0n) is 11.5.